The van der Waals surface area contributed by atoms with Crippen LogP contribution in [0.15, 0.2) is 29.2 Å². The molecule has 0 radical (unpaired) electrons. The molecule has 5 heteroatoms. The number of sulfonamides is 1. The van der Waals surface area contributed by atoms with Gasteiger partial charge in [0.1, 0.15) is 4.90 Å². The molecule has 1 N–H and O–H groups in total. The van der Waals surface area contributed by atoms with E-state index < -0.39 is 10.0 Å². The van der Waals surface area contributed by atoms with E-state index in [4.69, 9.17) is 0 Å². The minimum Gasteiger partial charge on any atom is -0.384 e. The molecule has 3 rings (SSSR count). The largest absolute Gasteiger partial charge is 0.384 e. The molecular weight excluding hydrogens is 284 g/mol. The van der Waals surface area contributed by atoms with Crippen LogP contribution in [0.1, 0.15) is 39.0 Å². The quantitative estimate of drug-likeness (QED) is 0.930. The van der Waals surface area contributed by atoms with Crippen LogP contribution < -0.4 is 5.32 Å². The molecule has 116 valence electrons. The van der Waals surface area contributed by atoms with Gasteiger partial charge in [-0.15, -0.1) is 0 Å². The van der Waals surface area contributed by atoms with Crippen LogP contribution in [-0.2, 0) is 10.0 Å². The number of hydrogen-bond acceptors (Lipinski definition) is 3. The maximum Gasteiger partial charge on any atom is 0.245 e. The van der Waals surface area contributed by atoms with E-state index in [1.807, 2.05) is 25.1 Å². The molecule has 1 heterocycles. The molecule has 1 aliphatic carbocycles. The van der Waals surface area contributed by atoms with Crippen molar-refractivity contribution in [1.82, 2.24) is 4.31 Å². The summed E-state index contributed by atoms with van der Waals surface area (Å²) in [5.41, 5.74) is 0.722. The van der Waals surface area contributed by atoms with Crippen molar-refractivity contribution in [3.63, 3.8) is 0 Å². The molecule has 4 nitrogen and oxygen atoms in total. The molecule has 1 aliphatic heterocycles. The summed E-state index contributed by atoms with van der Waals surface area (Å²) in [7, 11) is -3.39. The van der Waals surface area contributed by atoms with E-state index in [0.717, 1.165) is 31.5 Å². The van der Waals surface area contributed by atoms with Crippen molar-refractivity contribution in [1.29, 1.82) is 0 Å². The molecule has 0 spiro atoms. The van der Waals surface area contributed by atoms with Crippen LogP contribution in [0.5, 0.6) is 0 Å². The second-order valence-electron chi connectivity index (χ2n) is 6.04. The zero-order valence-corrected chi connectivity index (χ0v) is 13.4. The summed E-state index contributed by atoms with van der Waals surface area (Å²) >= 11 is 0. The lowest BCUT2D eigenvalue weighted by Crippen LogP contribution is -2.39. The third-order valence-electron chi connectivity index (χ3n) is 4.80. The summed E-state index contributed by atoms with van der Waals surface area (Å²) < 4.78 is 27.9. The zero-order valence-electron chi connectivity index (χ0n) is 12.6. The van der Waals surface area contributed by atoms with Crippen LogP contribution in [0.25, 0.3) is 0 Å². The number of nitrogens with one attached hydrogen (secondary N) is 1. The van der Waals surface area contributed by atoms with Gasteiger partial charge < -0.3 is 5.32 Å². The van der Waals surface area contributed by atoms with Gasteiger partial charge >= 0.3 is 0 Å². The molecule has 2 unspecified atom stereocenters. The Bertz CT molecular complexity index is 600. The van der Waals surface area contributed by atoms with Crippen molar-refractivity contribution < 1.29 is 8.42 Å². The van der Waals surface area contributed by atoms with Crippen molar-refractivity contribution in [3.05, 3.63) is 24.3 Å². The summed E-state index contributed by atoms with van der Waals surface area (Å²) in [6.45, 7) is 3.38. The normalized spacial score (nSPS) is 26.5. The number of para-hydroxylation sites is 1. The molecule has 0 aromatic heterocycles. The number of rotatable bonds is 4. The number of hydrogen-bond donors (Lipinski definition) is 1. The molecule has 2 atom stereocenters. The zero-order chi connectivity index (χ0) is 14.9. The second kappa shape index (κ2) is 5.97. The summed E-state index contributed by atoms with van der Waals surface area (Å²) in [6.07, 6.45) is 5.64. The Kier molecular flexibility index (Phi) is 4.22. The lowest BCUT2D eigenvalue weighted by atomic mass is 9.86. The monoisotopic (exact) mass is 308 g/mol. The van der Waals surface area contributed by atoms with Crippen LogP contribution in [0.2, 0.25) is 0 Å². The highest BCUT2D eigenvalue weighted by molar-refractivity contribution is 7.89. The van der Waals surface area contributed by atoms with E-state index in [1.54, 1.807) is 10.4 Å². The first-order valence-corrected chi connectivity index (χ1v) is 9.43. The van der Waals surface area contributed by atoms with Crippen LogP contribution in [0.4, 0.5) is 5.69 Å². The molecule has 1 aromatic rings. The first-order chi connectivity index (χ1) is 10.1. The van der Waals surface area contributed by atoms with Gasteiger partial charge in [-0.2, -0.15) is 4.31 Å². The molecule has 1 saturated carbocycles. The maximum absolute atomic E-state index is 13.1. The van der Waals surface area contributed by atoms with Crippen LogP contribution in [-0.4, -0.2) is 31.9 Å². The highest BCUT2D eigenvalue weighted by Gasteiger charge is 2.42. The second-order valence-corrected chi connectivity index (χ2v) is 7.90. The molecule has 21 heavy (non-hydrogen) atoms. The summed E-state index contributed by atoms with van der Waals surface area (Å²) in [5, 5.41) is 3.17. The molecule has 0 bridgehead atoms. The van der Waals surface area contributed by atoms with E-state index >= 15 is 0 Å². The topological polar surface area (TPSA) is 49.4 Å². The van der Waals surface area contributed by atoms with Gasteiger partial charge in [-0.1, -0.05) is 25.0 Å². The van der Waals surface area contributed by atoms with Gasteiger partial charge in [-0.3, -0.25) is 0 Å². The average Bonchev–Trinajstić information content (AvgIpc) is 2.93. The molecular formula is C16H24N2O2S. The van der Waals surface area contributed by atoms with E-state index in [0.29, 0.717) is 17.4 Å². The Morgan fingerprint density at radius 1 is 1.19 bits per heavy atom. The first kappa shape index (κ1) is 14.9. The van der Waals surface area contributed by atoms with Gasteiger partial charge in [0.05, 0.1) is 5.69 Å². The molecule has 1 aromatic carbocycles. The Balaban J connectivity index is 1.94. The van der Waals surface area contributed by atoms with Gasteiger partial charge in [0.25, 0.3) is 0 Å². The number of nitrogens with zero attached hydrogens (tertiary/aromatic N) is 1. The minimum atomic E-state index is -3.39. The molecule has 2 fully saturated rings. The standard InChI is InChI=1S/C16H24N2O2S/c1-2-17-14-8-4-6-10-16(14)21(19,20)18-12-11-13-7-3-5-9-15(13)18/h4,6,8,10,13,15,17H,2-3,5,7,9,11-12H2,1H3. The highest BCUT2D eigenvalue weighted by atomic mass is 32.2. The van der Waals surface area contributed by atoms with Gasteiger partial charge in [0.2, 0.25) is 10.0 Å². The predicted octanol–water partition coefficient (Wildman–Crippen LogP) is 3.07. The maximum atomic E-state index is 13.1. The van der Waals surface area contributed by atoms with Crippen LogP contribution in [0, 0.1) is 5.92 Å². The van der Waals surface area contributed by atoms with E-state index in [9.17, 15) is 8.42 Å². The minimum absolute atomic E-state index is 0.221. The van der Waals surface area contributed by atoms with Crippen molar-refractivity contribution in [2.75, 3.05) is 18.4 Å². The van der Waals surface area contributed by atoms with Gasteiger partial charge in [0.15, 0.2) is 0 Å². The lowest BCUT2D eigenvalue weighted by molar-refractivity contribution is 0.260. The predicted molar refractivity (Wildman–Crippen MR) is 84.9 cm³/mol. The van der Waals surface area contributed by atoms with Crippen molar-refractivity contribution >= 4 is 15.7 Å². The highest BCUT2D eigenvalue weighted by Crippen LogP contribution is 2.40. The fraction of sp³-hybridized carbons (Fsp3) is 0.625. The summed E-state index contributed by atoms with van der Waals surface area (Å²) in [5.74, 6) is 0.569. The van der Waals surface area contributed by atoms with E-state index in [2.05, 4.69) is 5.32 Å². The Hall–Kier alpha value is -1.07. The molecule has 2 aliphatic rings. The van der Waals surface area contributed by atoms with E-state index in [-0.39, 0.29) is 6.04 Å². The Morgan fingerprint density at radius 3 is 2.76 bits per heavy atom. The third-order valence-corrected chi connectivity index (χ3v) is 6.78. The molecule has 0 amide bonds. The molecule has 1 saturated heterocycles. The average molecular weight is 308 g/mol. The third kappa shape index (κ3) is 2.69. The van der Waals surface area contributed by atoms with Crippen molar-refractivity contribution in [2.24, 2.45) is 5.92 Å². The van der Waals surface area contributed by atoms with Crippen molar-refractivity contribution in [2.45, 2.75) is 50.0 Å². The number of benzene rings is 1. The summed E-state index contributed by atoms with van der Waals surface area (Å²) in [4.78, 5) is 0.429. The number of fused-ring (bicyclic) bond motifs is 1. The van der Waals surface area contributed by atoms with Crippen molar-refractivity contribution in [3.8, 4) is 0 Å². The van der Waals surface area contributed by atoms with Crippen LogP contribution in [0.3, 0.4) is 0 Å². The fourth-order valence-corrected chi connectivity index (χ4v) is 5.72. The van der Waals surface area contributed by atoms with E-state index in [1.165, 1.54) is 12.8 Å². The summed E-state index contributed by atoms with van der Waals surface area (Å²) in [6, 6.07) is 7.49. The Labute approximate surface area is 127 Å². The smallest absolute Gasteiger partial charge is 0.245 e. The Morgan fingerprint density at radius 2 is 1.95 bits per heavy atom. The van der Waals surface area contributed by atoms with Crippen LogP contribution >= 0.6 is 0 Å². The SMILES string of the molecule is CCNc1ccccc1S(=O)(=O)N1CCC2CCCCC21. The lowest BCUT2D eigenvalue weighted by Gasteiger charge is -2.31. The van der Waals surface area contributed by atoms with Gasteiger partial charge in [0, 0.05) is 19.1 Å². The number of anilines is 1. The van der Waals surface area contributed by atoms with Gasteiger partial charge in [-0.05, 0) is 44.2 Å². The fourth-order valence-electron chi connectivity index (χ4n) is 3.82. The van der Waals surface area contributed by atoms with Gasteiger partial charge in [-0.25, -0.2) is 8.42 Å². The first-order valence-electron chi connectivity index (χ1n) is 7.99.